The van der Waals surface area contributed by atoms with Crippen molar-refractivity contribution in [1.82, 2.24) is 5.32 Å². The van der Waals surface area contributed by atoms with Gasteiger partial charge in [0.05, 0.1) is 13.2 Å². The third-order valence-corrected chi connectivity index (χ3v) is 4.00. The lowest BCUT2D eigenvalue weighted by molar-refractivity contribution is -0.349. The van der Waals surface area contributed by atoms with Gasteiger partial charge in [-0.3, -0.25) is 14.1 Å². The summed E-state index contributed by atoms with van der Waals surface area (Å²) in [4.78, 5) is 33.9. The van der Waals surface area contributed by atoms with E-state index in [1.54, 1.807) is 0 Å². The van der Waals surface area contributed by atoms with Crippen molar-refractivity contribution in [3.05, 3.63) is 12.7 Å². The zero-order valence-corrected chi connectivity index (χ0v) is 15.6. The number of esters is 1. The summed E-state index contributed by atoms with van der Waals surface area (Å²) < 4.78 is 130. The average Bonchev–Trinajstić information content (AvgIpc) is 2.55. The van der Waals surface area contributed by atoms with Gasteiger partial charge in [-0.25, -0.2) is 4.79 Å². The first-order valence-electron chi connectivity index (χ1n) is 7.31. The number of ketones is 1. The summed E-state index contributed by atoms with van der Waals surface area (Å²) in [5.41, 5.74) is 0. The lowest BCUT2D eigenvalue weighted by atomic mass is 10.2. The number of nitrogens with one attached hydrogen (secondary N) is 1. The Morgan fingerprint density at radius 1 is 1.10 bits per heavy atom. The summed E-state index contributed by atoms with van der Waals surface area (Å²) in [6.45, 7) is 0.384. The van der Waals surface area contributed by atoms with Crippen molar-refractivity contribution in [3.63, 3.8) is 0 Å². The molecule has 17 heteroatoms. The van der Waals surface area contributed by atoms with Crippen LogP contribution < -0.4 is 5.32 Å². The number of halogens is 7. The third-order valence-electron chi connectivity index (χ3n) is 3.05. The fourth-order valence-electron chi connectivity index (χ4n) is 1.57. The van der Waals surface area contributed by atoms with Crippen molar-refractivity contribution in [1.29, 1.82) is 0 Å². The summed E-state index contributed by atoms with van der Waals surface area (Å²) in [6, 6.07) is 0. The highest BCUT2D eigenvalue weighted by atomic mass is 32.2. The zero-order valence-electron chi connectivity index (χ0n) is 14.8. The Hall–Kier alpha value is -2.27. The number of ether oxygens (including phenoxy) is 2. The molecule has 9 nitrogen and oxygen atoms in total. The summed E-state index contributed by atoms with van der Waals surface area (Å²) in [5.74, 6) is -15.6. The maximum atomic E-state index is 13.4. The number of carbonyl (C=O) groups is 3. The molecule has 174 valence electrons. The van der Waals surface area contributed by atoms with Crippen LogP contribution in [0.25, 0.3) is 0 Å². The minimum absolute atomic E-state index is 0.114. The first-order valence-corrected chi connectivity index (χ1v) is 8.75. The number of amides is 1. The van der Waals surface area contributed by atoms with E-state index in [0.29, 0.717) is 0 Å². The van der Waals surface area contributed by atoms with Crippen LogP contribution in [0.2, 0.25) is 0 Å². The van der Waals surface area contributed by atoms with E-state index in [2.05, 4.69) is 16.1 Å². The summed E-state index contributed by atoms with van der Waals surface area (Å²) in [5, 5.41) is -4.78. The van der Waals surface area contributed by atoms with Crippen molar-refractivity contribution in [2.75, 3.05) is 13.2 Å². The SMILES string of the molecule is C=CC(=O)OC(OCCC(F)(F)C(F)(F)S(=O)(=O)O)(C(=O)NCC(C)=O)C(F)(F)F. The maximum Gasteiger partial charge on any atom is 0.466 e. The molecule has 0 saturated heterocycles. The third kappa shape index (κ3) is 6.11. The van der Waals surface area contributed by atoms with Gasteiger partial charge in [0.1, 0.15) is 5.78 Å². The Morgan fingerprint density at radius 2 is 1.60 bits per heavy atom. The number of alkyl halides is 7. The first kappa shape index (κ1) is 27.7. The van der Waals surface area contributed by atoms with Gasteiger partial charge >= 0.3 is 45.1 Å². The van der Waals surface area contributed by atoms with Gasteiger partial charge in [-0.05, 0) is 6.92 Å². The largest absolute Gasteiger partial charge is 0.466 e. The number of hydrogen-bond acceptors (Lipinski definition) is 7. The molecule has 0 radical (unpaired) electrons. The molecule has 0 aliphatic heterocycles. The normalized spacial score (nSPS) is 15.1. The van der Waals surface area contributed by atoms with Crippen LogP contribution in [0.4, 0.5) is 30.7 Å². The van der Waals surface area contributed by atoms with E-state index in [1.807, 2.05) is 0 Å². The average molecular weight is 477 g/mol. The lowest BCUT2D eigenvalue weighted by Gasteiger charge is -2.33. The molecule has 1 atom stereocenters. The van der Waals surface area contributed by atoms with Crippen LogP contribution in [0.15, 0.2) is 12.7 Å². The van der Waals surface area contributed by atoms with Crippen LogP contribution in [-0.2, 0) is 34.0 Å². The molecular formula is C13H14F7NO8S. The molecule has 1 amide bonds. The summed E-state index contributed by atoms with van der Waals surface area (Å²) >= 11 is 0. The molecule has 0 rings (SSSR count). The molecule has 0 saturated carbocycles. The van der Waals surface area contributed by atoms with Crippen molar-refractivity contribution < 1.29 is 67.6 Å². The number of rotatable bonds is 11. The molecule has 0 aliphatic rings. The quantitative estimate of drug-likeness (QED) is 0.149. The van der Waals surface area contributed by atoms with E-state index < -0.39 is 70.5 Å². The standard InChI is InChI=1S/C13H14F7NO8S/c1-3-8(23)29-11(12(16,17)18,9(24)21-6-7(2)22)28-5-4-10(14,15)13(19,20)30(25,26)27/h3H,1,4-6H2,2H3,(H,21,24)(H,25,26,27). The van der Waals surface area contributed by atoms with Gasteiger partial charge in [0.25, 0.3) is 0 Å². The van der Waals surface area contributed by atoms with Gasteiger partial charge in [0.2, 0.25) is 0 Å². The lowest BCUT2D eigenvalue weighted by Crippen LogP contribution is -2.62. The Bertz CT molecular complexity index is 796. The highest BCUT2D eigenvalue weighted by Gasteiger charge is 2.68. The molecule has 0 fully saturated rings. The highest BCUT2D eigenvalue weighted by molar-refractivity contribution is 7.87. The predicted octanol–water partition coefficient (Wildman–Crippen LogP) is 1.20. The number of Topliss-reactive ketones (excluding diaryl/α,β-unsaturated/α-hetero) is 1. The van der Waals surface area contributed by atoms with Gasteiger partial charge in [-0.2, -0.15) is 39.2 Å². The molecule has 0 aromatic carbocycles. The molecule has 0 bridgehead atoms. The van der Waals surface area contributed by atoms with E-state index in [0.717, 1.165) is 6.92 Å². The van der Waals surface area contributed by atoms with Gasteiger partial charge in [0, 0.05) is 12.5 Å². The van der Waals surface area contributed by atoms with E-state index in [4.69, 9.17) is 4.55 Å². The van der Waals surface area contributed by atoms with Crippen LogP contribution >= 0.6 is 0 Å². The molecule has 0 spiro atoms. The second-order valence-electron chi connectivity index (χ2n) is 5.42. The second kappa shape index (κ2) is 9.25. The molecule has 0 aromatic heterocycles. The van der Waals surface area contributed by atoms with Crippen molar-refractivity contribution in [2.24, 2.45) is 0 Å². The second-order valence-corrected chi connectivity index (χ2v) is 6.88. The first-order chi connectivity index (χ1) is 13.2. The molecule has 2 N–H and O–H groups in total. The molecule has 30 heavy (non-hydrogen) atoms. The predicted molar refractivity (Wildman–Crippen MR) is 80.8 cm³/mol. The fraction of sp³-hybridized carbons (Fsp3) is 0.615. The van der Waals surface area contributed by atoms with E-state index in [9.17, 15) is 53.5 Å². The van der Waals surface area contributed by atoms with Gasteiger partial charge in [0.15, 0.2) is 0 Å². The Labute approximate surface area is 163 Å². The van der Waals surface area contributed by atoms with Crippen LogP contribution in [0, 0.1) is 0 Å². The Balaban J connectivity index is 5.94. The Kier molecular flexibility index (Phi) is 8.55. The van der Waals surface area contributed by atoms with Gasteiger partial charge < -0.3 is 14.8 Å². The van der Waals surface area contributed by atoms with Crippen molar-refractivity contribution in [2.45, 2.75) is 36.5 Å². The van der Waals surface area contributed by atoms with E-state index in [-0.39, 0.29) is 6.08 Å². The van der Waals surface area contributed by atoms with Gasteiger partial charge in [-0.15, -0.1) is 0 Å². The molecule has 0 aromatic rings. The molecule has 0 aliphatic carbocycles. The monoisotopic (exact) mass is 477 g/mol. The summed E-state index contributed by atoms with van der Waals surface area (Å²) in [7, 11) is -6.69. The van der Waals surface area contributed by atoms with Crippen molar-refractivity contribution >= 4 is 27.8 Å². The van der Waals surface area contributed by atoms with E-state index in [1.165, 1.54) is 5.32 Å². The molecular weight excluding hydrogens is 463 g/mol. The topological polar surface area (TPSA) is 136 Å². The maximum absolute atomic E-state index is 13.4. The minimum Gasteiger partial charge on any atom is -0.412 e. The number of hydrogen-bond donors (Lipinski definition) is 2. The van der Waals surface area contributed by atoms with Crippen LogP contribution in [-0.4, -0.2) is 66.9 Å². The molecule has 1 unspecified atom stereocenters. The summed E-state index contributed by atoms with van der Waals surface area (Å²) in [6.07, 6.45) is -8.36. The van der Waals surface area contributed by atoms with Crippen LogP contribution in [0.5, 0.6) is 0 Å². The Morgan fingerprint density at radius 3 is 1.97 bits per heavy atom. The van der Waals surface area contributed by atoms with Crippen LogP contribution in [0.1, 0.15) is 13.3 Å². The number of carbonyl (C=O) groups excluding carboxylic acids is 3. The van der Waals surface area contributed by atoms with E-state index >= 15 is 0 Å². The molecule has 0 heterocycles. The minimum atomic E-state index is -6.69. The zero-order chi connectivity index (χ0) is 24.2. The smallest absolute Gasteiger partial charge is 0.412 e. The highest BCUT2D eigenvalue weighted by Crippen LogP contribution is 2.42. The van der Waals surface area contributed by atoms with Crippen LogP contribution in [0.3, 0.4) is 0 Å². The van der Waals surface area contributed by atoms with Crippen molar-refractivity contribution in [3.8, 4) is 0 Å². The fourth-order valence-corrected chi connectivity index (χ4v) is 2.05. The van der Waals surface area contributed by atoms with Gasteiger partial charge in [-0.1, -0.05) is 6.58 Å².